The molecule has 0 bridgehead atoms. The second-order valence-corrected chi connectivity index (χ2v) is 7.03. The molecule has 0 radical (unpaired) electrons. The second kappa shape index (κ2) is 6.37. The lowest BCUT2D eigenvalue weighted by atomic mass is 10.0. The molecule has 1 aromatic carbocycles. The van der Waals surface area contributed by atoms with Crippen LogP contribution >= 0.6 is 0 Å². The first-order valence-corrected chi connectivity index (χ1v) is 8.76. The van der Waals surface area contributed by atoms with Gasteiger partial charge in [0, 0.05) is 17.9 Å². The molecule has 1 aromatic heterocycles. The fourth-order valence-corrected chi connectivity index (χ4v) is 3.50. The Morgan fingerprint density at radius 3 is 2.80 bits per heavy atom. The molecule has 2 fully saturated rings. The quantitative estimate of drug-likeness (QED) is 0.850. The van der Waals surface area contributed by atoms with Gasteiger partial charge in [0.05, 0.1) is 31.9 Å². The predicted octanol–water partition coefficient (Wildman–Crippen LogP) is 3.28. The molecule has 1 atom stereocenters. The minimum Gasteiger partial charge on any atom is -0.376 e. The molecule has 2 aliphatic rings. The Balaban J connectivity index is 1.46. The van der Waals surface area contributed by atoms with Crippen molar-refractivity contribution in [2.75, 3.05) is 24.6 Å². The van der Waals surface area contributed by atoms with Crippen LogP contribution < -0.4 is 4.90 Å². The minimum absolute atomic E-state index is 0.205. The topological polar surface area (TPSA) is 43.2 Å². The van der Waals surface area contributed by atoms with Gasteiger partial charge in [-0.3, -0.25) is 0 Å². The maximum Gasteiger partial charge on any atom is 0.282 e. The third kappa shape index (κ3) is 3.51. The van der Waals surface area contributed by atoms with Gasteiger partial charge in [-0.1, -0.05) is 11.3 Å². The molecule has 0 aliphatic carbocycles. The average molecular weight is 348 g/mol. The highest BCUT2D eigenvalue weighted by Gasteiger charge is 2.43. The molecule has 7 heteroatoms. The fraction of sp³-hybridized carbons (Fsp3) is 0.556. The fourth-order valence-electron chi connectivity index (χ4n) is 3.50. The van der Waals surface area contributed by atoms with Crippen molar-refractivity contribution in [1.82, 2.24) is 15.0 Å². The Morgan fingerprint density at radius 2 is 2.12 bits per heavy atom. The average Bonchev–Trinajstić information content (AvgIpc) is 3.01. The number of hydrogen-bond acceptors (Lipinski definition) is 4. The van der Waals surface area contributed by atoms with Gasteiger partial charge in [-0.25, -0.2) is 13.5 Å². The van der Waals surface area contributed by atoms with Crippen molar-refractivity contribution in [3.05, 3.63) is 30.0 Å². The molecular formula is C18H22F2N4O. The normalized spacial score (nSPS) is 22.7. The van der Waals surface area contributed by atoms with Gasteiger partial charge in [0.25, 0.3) is 5.92 Å². The highest BCUT2D eigenvalue weighted by molar-refractivity contribution is 5.67. The van der Waals surface area contributed by atoms with Gasteiger partial charge in [0.1, 0.15) is 5.69 Å². The van der Waals surface area contributed by atoms with Crippen LogP contribution in [0.2, 0.25) is 0 Å². The van der Waals surface area contributed by atoms with E-state index in [-0.39, 0.29) is 19.2 Å². The molecular weight excluding hydrogens is 326 g/mol. The lowest BCUT2D eigenvalue weighted by Gasteiger charge is -2.40. The number of alkyl halides is 2. The van der Waals surface area contributed by atoms with E-state index in [1.54, 1.807) is 4.90 Å². The van der Waals surface area contributed by atoms with Gasteiger partial charge in [-0.15, -0.1) is 5.10 Å². The van der Waals surface area contributed by atoms with Gasteiger partial charge in [-0.05, 0) is 43.9 Å². The highest BCUT2D eigenvalue weighted by atomic mass is 19.3. The molecule has 2 saturated heterocycles. The van der Waals surface area contributed by atoms with Crippen LogP contribution in [0.4, 0.5) is 14.5 Å². The molecule has 4 rings (SSSR count). The molecule has 0 amide bonds. The summed E-state index contributed by atoms with van der Waals surface area (Å²) >= 11 is 0. The van der Waals surface area contributed by atoms with E-state index in [1.165, 1.54) is 6.42 Å². The van der Waals surface area contributed by atoms with E-state index < -0.39 is 5.92 Å². The summed E-state index contributed by atoms with van der Waals surface area (Å²) in [4.78, 5) is 1.69. The second-order valence-electron chi connectivity index (χ2n) is 7.03. The third-order valence-electron chi connectivity index (χ3n) is 4.90. The van der Waals surface area contributed by atoms with E-state index in [0.29, 0.717) is 6.54 Å². The van der Waals surface area contributed by atoms with Gasteiger partial charge in [0.15, 0.2) is 0 Å². The van der Waals surface area contributed by atoms with E-state index in [1.807, 2.05) is 36.0 Å². The number of halogens is 2. The van der Waals surface area contributed by atoms with Crippen molar-refractivity contribution in [2.45, 2.75) is 44.8 Å². The molecule has 2 aliphatic heterocycles. The molecule has 2 aromatic rings. The number of nitrogens with zero attached hydrogens (tertiary/aromatic N) is 4. The van der Waals surface area contributed by atoms with Crippen LogP contribution in [0, 0.1) is 6.92 Å². The molecule has 134 valence electrons. The molecule has 0 N–H and O–H groups in total. The zero-order valence-corrected chi connectivity index (χ0v) is 14.3. The Hall–Kier alpha value is -2.02. The molecule has 3 heterocycles. The summed E-state index contributed by atoms with van der Waals surface area (Å²) in [6.45, 7) is 3.10. The lowest BCUT2D eigenvalue weighted by molar-refractivity contribution is -0.0262. The van der Waals surface area contributed by atoms with Crippen molar-refractivity contribution in [3.8, 4) is 11.3 Å². The molecule has 0 saturated carbocycles. The van der Waals surface area contributed by atoms with Crippen molar-refractivity contribution in [2.24, 2.45) is 0 Å². The SMILES string of the molecule is Cc1cc(N2CC(F)(F)C2)ccc1-c1cn(C[C@H]2CCCCO2)nn1. The van der Waals surface area contributed by atoms with Crippen molar-refractivity contribution in [1.29, 1.82) is 0 Å². The van der Waals surface area contributed by atoms with Gasteiger partial charge >= 0.3 is 0 Å². The van der Waals surface area contributed by atoms with Gasteiger partial charge in [-0.2, -0.15) is 0 Å². The smallest absolute Gasteiger partial charge is 0.282 e. The minimum atomic E-state index is -2.56. The Kier molecular flexibility index (Phi) is 4.19. The van der Waals surface area contributed by atoms with Crippen LogP contribution in [0.1, 0.15) is 24.8 Å². The van der Waals surface area contributed by atoms with E-state index in [2.05, 4.69) is 10.3 Å². The van der Waals surface area contributed by atoms with E-state index in [9.17, 15) is 8.78 Å². The van der Waals surface area contributed by atoms with Crippen LogP contribution in [0.5, 0.6) is 0 Å². The van der Waals surface area contributed by atoms with Crippen molar-refractivity contribution < 1.29 is 13.5 Å². The summed E-state index contributed by atoms with van der Waals surface area (Å²) in [6.07, 6.45) is 5.52. The van der Waals surface area contributed by atoms with Crippen LogP contribution in [-0.4, -0.2) is 46.7 Å². The first-order valence-electron chi connectivity index (χ1n) is 8.76. The summed E-state index contributed by atoms with van der Waals surface area (Å²) in [5.74, 6) is -2.56. The molecule has 0 unspecified atom stereocenters. The summed E-state index contributed by atoms with van der Waals surface area (Å²) in [5.41, 5.74) is 3.62. The Bertz CT molecular complexity index is 747. The van der Waals surface area contributed by atoms with E-state index in [0.717, 1.165) is 42.0 Å². The summed E-state index contributed by atoms with van der Waals surface area (Å²) in [7, 11) is 0. The maximum absolute atomic E-state index is 13.0. The van der Waals surface area contributed by atoms with Gasteiger partial charge < -0.3 is 9.64 Å². The van der Waals surface area contributed by atoms with Crippen LogP contribution in [0.25, 0.3) is 11.3 Å². The van der Waals surface area contributed by atoms with Crippen molar-refractivity contribution in [3.63, 3.8) is 0 Å². The molecule has 25 heavy (non-hydrogen) atoms. The Labute approximate surface area is 145 Å². The maximum atomic E-state index is 13.0. The predicted molar refractivity (Wildman–Crippen MR) is 90.9 cm³/mol. The largest absolute Gasteiger partial charge is 0.376 e. The zero-order chi connectivity index (χ0) is 17.4. The number of aryl methyl sites for hydroxylation is 1. The van der Waals surface area contributed by atoms with E-state index >= 15 is 0 Å². The standard InChI is InChI=1S/C18H22F2N4O/c1-13-8-14(23-11-18(19,20)12-23)5-6-16(13)17-10-24(22-21-17)9-15-4-2-3-7-25-15/h5-6,8,10,15H,2-4,7,9,11-12H2,1H3/t15-/m1/s1. The monoisotopic (exact) mass is 348 g/mol. The number of benzene rings is 1. The van der Waals surface area contributed by atoms with Crippen molar-refractivity contribution >= 4 is 5.69 Å². The number of ether oxygens (including phenoxy) is 1. The molecule has 5 nitrogen and oxygen atoms in total. The summed E-state index contributed by atoms with van der Waals surface area (Å²) in [6, 6.07) is 5.75. The van der Waals surface area contributed by atoms with Gasteiger partial charge in [0.2, 0.25) is 0 Å². The number of hydrogen-bond donors (Lipinski definition) is 0. The Morgan fingerprint density at radius 1 is 1.28 bits per heavy atom. The van der Waals surface area contributed by atoms with Crippen LogP contribution in [0.15, 0.2) is 24.4 Å². The number of anilines is 1. The molecule has 0 spiro atoms. The summed E-state index contributed by atoms with van der Waals surface area (Å²) in [5, 5.41) is 8.48. The highest BCUT2D eigenvalue weighted by Crippen LogP contribution is 2.34. The van der Waals surface area contributed by atoms with Crippen LogP contribution in [-0.2, 0) is 11.3 Å². The summed E-state index contributed by atoms with van der Waals surface area (Å²) < 4.78 is 33.7. The zero-order valence-electron chi connectivity index (χ0n) is 14.3. The first-order chi connectivity index (χ1) is 12.0. The van der Waals surface area contributed by atoms with Crippen LogP contribution in [0.3, 0.4) is 0 Å². The third-order valence-corrected chi connectivity index (χ3v) is 4.90. The lowest BCUT2D eigenvalue weighted by Crippen LogP contribution is -2.56. The first kappa shape index (κ1) is 16.4. The van der Waals surface area contributed by atoms with E-state index in [4.69, 9.17) is 4.74 Å². The number of aromatic nitrogens is 3. The number of rotatable bonds is 4.